The highest BCUT2D eigenvalue weighted by atomic mass is 32.2. The lowest BCUT2D eigenvalue weighted by Gasteiger charge is -2.12. The van der Waals surface area contributed by atoms with E-state index in [2.05, 4.69) is 15.6 Å². The van der Waals surface area contributed by atoms with Crippen LogP contribution in [-0.2, 0) is 22.1 Å². The second kappa shape index (κ2) is 11.1. The molecule has 2 aromatic carbocycles. The molecule has 0 aliphatic rings. The average Bonchev–Trinajstić information content (AvgIpc) is 2.65. The van der Waals surface area contributed by atoms with Crippen molar-refractivity contribution in [3.63, 3.8) is 0 Å². The van der Waals surface area contributed by atoms with Crippen LogP contribution in [0.25, 0.3) is 0 Å². The molecular formula is C20H26FN3O2S2. The van der Waals surface area contributed by atoms with Crippen LogP contribution in [0.5, 0.6) is 0 Å². The van der Waals surface area contributed by atoms with Crippen LogP contribution in [0, 0.1) is 5.82 Å². The Labute approximate surface area is 170 Å². The summed E-state index contributed by atoms with van der Waals surface area (Å²) in [5, 5.41) is 6.50. The highest BCUT2D eigenvalue weighted by Gasteiger charge is 2.04. The van der Waals surface area contributed by atoms with Crippen molar-refractivity contribution >= 4 is 27.6 Å². The van der Waals surface area contributed by atoms with Gasteiger partial charge in [0.2, 0.25) is 0 Å². The molecule has 0 aromatic heterocycles. The van der Waals surface area contributed by atoms with Gasteiger partial charge in [-0.15, -0.1) is 11.8 Å². The van der Waals surface area contributed by atoms with Crippen LogP contribution < -0.4 is 10.6 Å². The van der Waals surface area contributed by atoms with E-state index in [4.69, 9.17) is 0 Å². The predicted molar refractivity (Wildman–Crippen MR) is 115 cm³/mol. The molecule has 2 N–H and O–H groups in total. The Balaban J connectivity index is 1.67. The third kappa shape index (κ3) is 8.75. The van der Waals surface area contributed by atoms with Gasteiger partial charge in [0.05, 0.1) is 5.75 Å². The molecule has 2 rings (SSSR count). The molecule has 0 spiro atoms. The summed E-state index contributed by atoms with van der Waals surface area (Å²) in [7, 11) is -1.30. The van der Waals surface area contributed by atoms with Crippen LogP contribution in [0.3, 0.4) is 0 Å². The summed E-state index contributed by atoms with van der Waals surface area (Å²) in [6, 6.07) is 14.0. The fourth-order valence-corrected chi connectivity index (χ4v) is 4.11. The number of rotatable bonds is 9. The van der Waals surface area contributed by atoms with Gasteiger partial charge < -0.3 is 10.6 Å². The molecule has 152 valence electrons. The summed E-state index contributed by atoms with van der Waals surface area (Å²) in [5.41, 5.74) is 1.83. The van der Waals surface area contributed by atoms with Crippen molar-refractivity contribution in [3.05, 3.63) is 65.5 Å². The van der Waals surface area contributed by atoms with E-state index in [1.807, 2.05) is 24.3 Å². The van der Waals surface area contributed by atoms with Gasteiger partial charge in [-0.1, -0.05) is 24.3 Å². The summed E-state index contributed by atoms with van der Waals surface area (Å²) < 4.78 is 35.5. The second-order valence-electron chi connectivity index (χ2n) is 6.40. The quantitative estimate of drug-likeness (QED) is 0.280. The van der Waals surface area contributed by atoms with Gasteiger partial charge in [-0.05, 0) is 47.6 Å². The van der Waals surface area contributed by atoms with E-state index < -0.39 is 9.84 Å². The van der Waals surface area contributed by atoms with E-state index in [-0.39, 0.29) is 11.6 Å². The maximum Gasteiger partial charge on any atom is 0.191 e. The van der Waals surface area contributed by atoms with Crippen LogP contribution in [0.15, 0.2) is 58.4 Å². The second-order valence-corrected chi connectivity index (χ2v) is 9.70. The van der Waals surface area contributed by atoms with Crippen molar-refractivity contribution in [3.8, 4) is 0 Å². The molecule has 8 heteroatoms. The number of aliphatic imine (C=N–C) groups is 1. The first-order chi connectivity index (χ1) is 13.4. The van der Waals surface area contributed by atoms with Gasteiger partial charge in [0.1, 0.15) is 5.82 Å². The molecule has 0 fully saturated rings. The van der Waals surface area contributed by atoms with E-state index >= 15 is 0 Å². The van der Waals surface area contributed by atoms with Crippen LogP contribution in [0.2, 0.25) is 0 Å². The zero-order chi connectivity index (χ0) is 20.4. The number of benzene rings is 2. The molecule has 0 radical (unpaired) electrons. The lowest BCUT2D eigenvalue weighted by molar-refractivity contribution is 0.601. The molecular weight excluding hydrogens is 397 g/mol. The molecule has 28 heavy (non-hydrogen) atoms. The molecule has 0 aliphatic carbocycles. The average molecular weight is 424 g/mol. The summed E-state index contributed by atoms with van der Waals surface area (Å²) in [6.07, 6.45) is 2.18. The number of hydrogen-bond donors (Lipinski definition) is 2. The number of nitrogens with zero attached hydrogens (tertiary/aromatic N) is 1. The van der Waals surface area contributed by atoms with Crippen molar-refractivity contribution in [2.45, 2.75) is 23.6 Å². The third-order valence-corrected chi connectivity index (χ3v) is 5.79. The number of thioether (sulfide) groups is 1. The Morgan fingerprint density at radius 2 is 1.68 bits per heavy atom. The van der Waals surface area contributed by atoms with Gasteiger partial charge in [0, 0.05) is 31.3 Å². The maximum absolute atomic E-state index is 12.9. The van der Waals surface area contributed by atoms with Gasteiger partial charge >= 0.3 is 0 Å². The minimum absolute atomic E-state index is 0.0554. The Bertz CT molecular complexity index is 867. The van der Waals surface area contributed by atoms with Gasteiger partial charge in [-0.25, -0.2) is 12.8 Å². The molecule has 0 saturated carbocycles. The van der Waals surface area contributed by atoms with E-state index in [1.165, 1.54) is 18.4 Å². The van der Waals surface area contributed by atoms with Gasteiger partial charge in [0.15, 0.2) is 15.8 Å². The first kappa shape index (κ1) is 22.2. The molecule has 0 aliphatic heterocycles. The maximum atomic E-state index is 12.9. The van der Waals surface area contributed by atoms with Crippen molar-refractivity contribution < 1.29 is 12.8 Å². The Morgan fingerprint density at radius 3 is 2.29 bits per heavy atom. The molecule has 0 unspecified atom stereocenters. The van der Waals surface area contributed by atoms with E-state index in [1.54, 1.807) is 30.9 Å². The number of guanidine groups is 1. The van der Waals surface area contributed by atoms with Crippen LogP contribution in [-0.4, -0.2) is 40.0 Å². The molecule has 0 heterocycles. The monoisotopic (exact) mass is 423 g/mol. The van der Waals surface area contributed by atoms with Gasteiger partial charge in [-0.3, -0.25) is 4.99 Å². The SMILES string of the molecule is CN=C(NCCCSc1ccc(F)cc1)NCc1ccc(CS(C)(=O)=O)cc1. The molecule has 0 saturated heterocycles. The third-order valence-electron chi connectivity index (χ3n) is 3.83. The fraction of sp³-hybridized carbons (Fsp3) is 0.350. The first-order valence-corrected chi connectivity index (χ1v) is 12.0. The fourth-order valence-electron chi connectivity index (χ4n) is 2.46. The zero-order valence-corrected chi connectivity index (χ0v) is 17.7. The normalized spacial score (nSPS) is 12.0. The number of halogens is 1. The Kier molecular flexibility index (Phi) is 8.79. The zero-order valence-electron chi connectivity index (χ0n) is 16.1. The molecule has 0 amide bonds. The molecule has 2 aromatic rings. The van der Waals surface area contributed by atoms with E-state index in [0.717, 1.165) is 34.7 Å². The Morgan fingerprint density at radius 1 is 1.04 bits per heavy atom. The smallest absolute Gasteiger partial charge is 0.191 e. The Hall–Kier alpha value is -2.06. The van der Waals surface area contributed by atoms with Crippen LogP contribution in [0.1, 0.15) is 17.5 Å². The number of sulfone groups is 1. The summed E-state index contributed by atoms with van der Waals surface area (Å²) in [5.74, 6) is 1.48. The first-order valence-electron chi connectivity index (χ1n) is 8.94. The van der Waals surface area contributed by atoms with Crippen LogP contribution in [0.4, 0.5) is 4.39 Å². The summed E-state index contributed by atoms with van der Waals surface area (Å²) >= 11 is 1.69. The minimum atomic E-state index is -3.02. The number of hydrogen-bond acceptors (Lipinski definition) is 4. The lowest BCUT2D eigenvalue weighted by Crippen LogP contribution is -2.37. The largest absolute Gasteiger partial charge is 0.356 e. The highest BCUT2D eigenvalue weighted by molar-refractivity contribution is 7.99. The summed E-state index contributed by atoms with van der Waals surface area (Å²) in [6.45, 7) is 1.38. The van der Waals surface area contributed by atoms with Gasteiger partial charge in [-0.2, -0.15) is 0 Å². The molecule has 0 atom stereocenters. The van der Waals surface area contributed by atoms with Crippen molar-refractivity contribution in [2.24, 2.45) is 4.99 Å². The van der Waals surface area contributed by atoms with Crippen molar-refractivity contribution in [1.29, 1.82) is 0 Å². The topological polar surface area (TPSA) is 70.6 Å². The molecule has 0 bridgehead atoms. The van der Waals surface area contributed by atoms with Gasteiger partial charge in [0.25, 0.3) is 0 Å². The van der Waals surface area contributed by atoms with Crippen LogP contribution >= 0.6 is 11.8 Å². The van der Waals surface area contributed by atoms with E-state index in [9.17, 15) is 12.8 Å². The van der Waals surface area contributed by atoms with Crippen molar-refractivity contribution in [2.75, 3.05) is 25.6 Å². The van der Waals surface area contributed by atoms with Crippen molar-refractivity contribution in [1.82, 2.24) is 10.6 Å². The summed E-state index contributed by atoms with van der Waals surface area (Å²) in [4.78, 5) is 5.26. The lowest BCUT2D eigenvalue weighted by atomic mass is 10.1. The number of nitrogens with one attached hydrogen (secondary N) is 2. The minimum Gasteiger partial charge on any atom is -0.356 e. The highest BCUT2D eigenvalue weighted by Crippen LogP contribution is 2.18. The molecule has 5 nitrogen and oxygen atoms in total. The standard InChI is InChI=1S/C20H26FN3O2S2/c1-22-20(23-12-3-13-27-19-10-8-18(21)9-11-19)24-14-16-4-6-17(7-5-16)15-28(2,25)26/h4-11H,3,12-15H2,1-2H3,(H2,22,23,24). The predicted octanol–water partition coefficient (Wildman–Crippen LogP) is 3.22. The van der Waals surface area contributed by atoms with E-state index in [0.29, 0.717) is 12.5 Å².